The van der Waals surface area contributed by atoms with Gasteiger partial charge < -0.3 is 8.83 Å². The van der Waals surface area contributed by atoms with E-state index in [9.17, 15) is 0 Å². The standard InChI is InChI=1S/2C58H35N3OS/c1-3-13-37(14-4-1)55-59-56(38-15-5-2-6-16-38)61-57(60-55)40-26-32-52-48(34-40)47-33-39(25-31-51(47)62-52)36-23-27-41(28-24-36)58(49-20-10-7-17-43(49)44-18-8-11-21-50(44)58)42-29-30-46-45-19-9-12-22-53(45)63-54(46)35-42;1-2-14-37(15-3-1)55-59-56(61-57(60-55)48-23-13-22-47-44-20-6-10-26-51(44)62-54(47)48)39-17-12-16-38(34-39)36-28-30-40(31-29-36)58(49-24-8-4-18-42(49)43-19-5-9-25-50(43)58)41-32-33-46-45-21-7-11-27-52(45)63-53(46)35-41/h2*1-35H. The Hall–Kier alpha value is -16.0. The fourth-order valence-corrected chi connectivity index (χ4v) is 22.2. The fourth-order valence-electron chi connectivity index (χ4n) is 19.9. The highest BCUT2D eigenvalue weighted by atomic mass is 32.1. The average molecular weight is 1640 g/mol. The maximum Gasteiger partial charge on any atom is 0.167 e. The second-order valence-corrected chi connectivity index (χ2v) is 34.7. The van der Waals surface area contributed by atoms with Crippen molar-refractivity contribution < 1.29 is 8.83 Å². The Bertz CT molecular complexity index is 8340. The lowest BCUT2D eigenvalue weighted by atomic mass is 9.67. The first-order valence-corrected chi connectivity index (χ1v) is 44.1. The van der Waals surface area contributed by atoms with E-state index in [1.807, 2.05) is 156 Å². The summed E-state index contributed by atoms with van der Waals surface area (Å²) < 4.78 is 18.1. The molecule has 0 saturated carbocycles. The predicted molar refractivity (Wildman–Crippen MR) is 518 cm³/mol. The van der Waals surface area contributed by atoms with Crippen molar-refractivity contribution >= 4 is 107 Å². The molecule has 0 radical (unpaired) electrons. The van der Waals surface area contributed by atoms with Gasteiger partial charge in [-0.25, -0.2) is 29.9 Å². The number of thiophene rings is 2. The molecular formula is C116H70N6O2S2. The SMILES string of the molecule is c1ccc(-c2nc(-c3cccc(-c4ccc(C5(c6ccc7c(c6)sc6ccccc67)c6ccccc6-c6ccccc65)cc4)c3)nc(-c3cccc4c3oc3ccccc34)n2)cc1.c1ccc(-c2nc(-c3ccccc3)nc(-c3ccc4oc5ccc(-c6ccc(C7(c8ccc9c(c8)sc8ccccc89)c8ccccc8-c8ccccc87)cc6)cc5c4c3)n2)cc1. The Labute approximate surface area is 733 Å². The third-order valence-electron chi connectivity index (χ3n) is 25.7. The Balaban J connectivity index is 0.000000137. The zero-order chi connectivity index (χ0) is 83.0. The predicted octanol–water partition coefficient (Wildman–Crippen LogP) is 30.3. The summed E-state index contributed by atoms with van der Waals surface area (Å²) in [6.07, 6.45) is 0. The van der Waals surface area contributed by atoms with Crippen LogP contribution in [0.4, 0.5) is 0 Å². The van der Waals surface area contributed by atoms with E-state index in [2.05, 4.69) is 291 Å². The number of hydrogen-bond donors (Lipinski definition) is 0. The van der Waals surface area contributed by atoms with Gasteiger partial charge in [-0.05, 0) is 162 Å². The molecule has 0 spiro atoms. The zero-order valence-corrected chi connectivity index (χ0v) is 69.4. The summed E-state index contributed by atoms with van der Waals surface area (Å²) in [6, 6.07) is 152. The third kappa shape index (κ3) is 11.7. The van der Waals surface area contributed by atoms with Crippen LogP contribution in [0.25, 0.3) is 197 Å². The van der Waals surface area contributed by atoms with Gasteiger partial charge in [0.05, 0.1) is 16.4 Å². The maximum absolute atomic E-state index is 6.46. The highest BCUT2D eigenvalue weighted by molar-refractivity contribution is 7.26. The van der Waals surface area contributed by atoms with Crippen molar-refractivity contribution in [3.05, 3.63) is 469 Å². The molecular weight excluding hydrogens is 1570 g/mol. The molecule has 0 unspecified atom stereocenters. The van der Waals surface area contributed by atoms with Crippen LogP contribution in [0.1, 0.15) is 44.5 Å². The van der Waals surface area contributed by atoms with Crippen molar-refractivity contribution in [2.24, 2.45) is 0 Å². The monoisotopic (exact) mass is 1640 g/mol. The highest BCUT2D eigenvalue weighted by Crippen LogP contribution is 2.59. The minimum atomic E-state index is -0.504. The molecule has 10 heteroatoms. The number of hydrogen-bond acceptors (Lipinski definition) is 10. The van der Waals surface area contributed by atoms with Crippen LogP contribution in [0.2, 0.25) is 0 Å². The fraction of sp³-hybridized carbons (Fsp3) is 0.0172. The normalized spacial score (nSPS) is 12.9. The van der Waals surface area contributed by atoms with Crippen molar-refractivity contribution in [3.63, 3.8) is 0 Å². The Kier molecular flexibility index (Phi) is 17.0. The van der Waals surface area contributed by atoms with E-state index in [1.165, 1.54) is 107 Å². The number of para-hydroxylation sites is 2. The first-order chi connectivity index (χ1) is 62.4. The van der Waals surface area contributed by atoms with Crippen LogP contribution in [-0.4, -0.2) is 29.9 Å². The van der Waals surface area contributed by atoms with E-state index < -0.39 is 10.8 Å². The smallest absolute Gasteiger partial charge is 0.167 e. The zero-order valence-electron chi connectivity index (χ0n) is 67.7. The number of fused-ring (bicyclic) bond motifs is 18. The molecule has 24 aromatic rings. The lowest BCUT2D eigenvalue weighted by Gasteiger charge is -2.34. The Morgan fingerprint density at radius 1 is 0.175 bits per heavy atom. The highest BCUT2D eigenvalue weighted by Gasteiger charge is 2.48. The largest absolute Gasteiger partial charge is 0.456 e. The molecule has 6 aromatic heterocycles. The van der Waals surface area contributed by atoms with Crippen molar-refractivity contribution in [1.29, 1.82) is 0 Å². The summed E-state index contributed by atoms with van der Waals surface area (Å²) >= 11 is 3.75. The van der Waals surface area contributed by atoms with Crippen LogP contribution in [0.3, 0.4) is 0 Å². The van der Waals surface area contributed by atoms with Gasteiger partial charge in [-0.15, -0.1) is 22.7 Å². The number of furan rings is 2. The average Bonchev–Trinajstić information content (AvgIpc) is 1.53. The number of aromatic nitrogens is 6. The van der Waals surface area contributed by atoms with Crippen molar-refractivity contribution in [3.8, 4) is 113 Å². The number of benzene rings is 18. The molecule has 2 aliphatic carbocycles. The number of nitrogens with zero attached hydrogens (tertiary/aromatic N) is 6. The van der Waals surface area contributed by atoms with E-state index in [1.54, 1.807) is 0 Å². The second-order valence-electron chi connectivity index (χ2n) is 32.6. The van der Waals surface area contributed by atoms with Gasteiger partial charge in [-0.3, -0.25) is 0 Å². The minimum Gasteiger partial charge on any atom is -0.456 e. The van der Waals surface area contributed by atoms with Gasteiger partial charge in [0.1, 0.15) is 22.3 Å². The van der Waals surface area contributed by atoms with Gasteiger partial charge in [0.25, 0.3) is 0 Å². The number of rotatable bonds is 12. The Morgan fingerprint density at radius 2 is 0.492 bits per heavy atom. The molecule has 0 fully saturated rings. The van der Waals surface area contributed by atoms with Gasteiger partial charge in [0, 0.05) is 89.7 Å². The Morgan fingerprint density at radius 3 is 0.976 bits per heavy atom. The van der Waals surface area contributed by atoms with Crippen molar-refractivity contribution in [2.45, 2.75) is 10.8 Å². The van der Waals surface area contributed by atoms with Crippen LogP contribution in [0, 0.1) is 0 Å². The summed E-state index contributed by atoms with van der Waals surface area (Å²) in [6.45, 7) is 0. The van der Waals surface area contributed by atoms with E-state index in [0.717, 1.165) is 99.5 Å². The van der Waals surface area contributed by atoms with Crippen LogP contribution in [-0.2, 0) is 10.8 Å². The quantitative estimate of drug-likeness (QED) is 0.119. The van der Waals surface area contributed by atoms with Crippen LogP contribution >= 0.6 is 22.7 Å². The molecule has 0 saturated heterocycles. The van der Waals surface area contributed by atoms with Gasteiger partial charge in [0.2, 0.25) is 0 Å². The van der Waals surface area contributed by atoms with Gasteiger partial charge >= 0.3 is 0 Å². The van der Waals surface area contributed by atoms with E-state index in [0.29, 0.717) is 34.9 Å². The molecule has 8 nitrogen and oxygen atoms in total. The van der Waals surface area contributed by atoms with Gasteiger partial charge in [-0.1, -0.05) is 352 Å². The summed E-state index contributed by atoms with van der Waals surface area (Å²) in [5.41, 5.74) is 27.5. The summed E-state index contributed by atoms with van der Waals surface area (Å²) in [7, 11) is 0. The van der Waals surface area contributed by atoms with E-state index in [-0.39, 0.29) is 0 Å². The van der Waals surface area contributed by atoms with Crippen molar-refractivity contribution in [1.82, 2.24) is 29.9 Å². The lowest BCUT2D eigenvalue weighted by molar-refractivity contribution is 0.669. The molecule has 6 heterocycles. The molecule has 26 rings (SSSR count). The summed E-state index contributed by atoms with van der Waals surface area (Å²) in [4.78, 5) is 30.2. The molecule has 0 amide bonds. The molecule has 0 atom stereocenters. The molecule has 0 bridgehead atoms. The first kappa shape index (κ1) is 72.8. The second kappa shape index (κ2) is 29.4. The molecule has 0 aliphatic heterocycles. The lowest BCUT2D eigenvalue weighted by Crippen LogP contribution is -2.28. The van der Waals surface area contributed by atoms with Crippen molar-refractivity contribution in [2.75, 3.05) is 0 Å². The first-order valence-electron chi connectivity index (χ1n) is 42.5. The molecule has 588 valence electrons. The maximum atomic E-state index is 6.46. The summed E-state index contributed by atoms with van der Waals surface area (Å²) in [5.74, 6) is 3.65. The van der Waals surface area contributed by atoms with Crippen LogP contribution in [0.5, 0.6) is 0 Å². The molecule has 0 N–H and O–H groups in total. The van der Waals surface area contributed by atoms with E-state index in [4.69, 9.17) is 38.7 Å². The third-order valence-corrected chi connectivity index (χ3v) is 28.0. The van der Waals surface area contributed by atoms with Crippen LogP contribution < -0.4 is 0 Å². The topological polar surface area (TPSA) is 104 Å². The molecule has 126 heavy (non-hydrogen) atoms. The van der Waals surface area contributed by atoms with Crippen LogP contribution in [0.15, 0.2) is 433 Å². The molecule has 2 aliphatic rings. The van der Waals surface area contributed by atoms with Gasteiger partial charge in [-0.2, -0.15) is 0 Å². The summed E-state index contributed by atoms with van der Waals surface area (Å²) in [5, 5.41) is 9.38. The van der Waals surface area contributed by atoms with E-state index >= 15 is 0 Å². The van der Waals surface area contributed by atoms with Gasteiger partial charge in [0.15, 0.2) is 34.9 Å². The minimum absolute atomic E-state index is 0.493. The molecule has 18 aromatic carbocycles.